The van der Waals surface area contributed by atoms with Gasteiger partial charge in [0, 0.05) is 35.2 Å². The maximum absolute atomic E-state index is 5.69. The largest absolute Gasteiger partial charge is 0.493 e. The van der Waals surface area contributed by atoms with E-state index in [4.69, 9.17) is 4.74 Å². The van der Waals surface area contributed by atoms with Gasteiger partial charge in [0.05, 0.1) is 6.61 Å². The first-order valence-electron chi connectivity index (χ1n) is 7.04. The summed E-state index contributed by atoms with van der Waals surface area (Å²) in [6.45, 7) is 2.82. The van der Waals surface area contributed by atoms with Crippen LogP contribution >= 0.6 is 11.8 Å². The van der Waals surface area contributed by atoms with Crippen LogP contribution in [-0.2, 0) is 0 Å². The van der Waals surface area contributed by atoms with Gasteiger partial charge in [-0.25, -0.2) is 0 Å². The molecule has 3 rings (SSSR count). The highest BCUT2D eigenvalue weighted by Gasteiger charge is 2.22. The Morgan fingerprint density at radius 1 is 1.05 bits per heavy atom. The van der Waals surface area contributed by atoms with Crippen LogP contribution < -0.4 is 10.1 Å². The lowest BCUT2D eigenvalue weighted by molar-refractivity contribution is 0.327. The van der Waals surface area contributed by atoms with Crippen molar-refractivity contribution in [2.75, 3.05) is 25.4 Å². The molecule has 1 N–H and O–H groups in total. The first kappa shape index (κ1) is 13.5. The Morgan fingerprint density at radius 2 is 1.85 bits per heavy atom. The van der Waals surface area contributed by atoms with Gasteiger partial charge < -0.3 is 10.1 Å². The van der Waals surface area contributed by atoms with Crippen molar-refractivity contribution in [2.45, 2.75) is 10.8 Å². The minimum atomic E-state index is 0.493. The van der Waals surface area contributed by atoms with E-state index in [1.165, 1.54) is 10.5 Å². The predicted molar refractivity (Wildman–Crippen MR) is 84.7 cm³/mol. The Morgan fingerprint density at radius 3 is 2.75 bits per heavy atom. The summed E-state index contributed by atoms with van der Waals surface area (Å²) in [6.07, 6.45) is 0. The average Bonchev–Trinajstić information content (AvgIpc) is 2.91. The molecule has 0 spiro atoms. The molecule has 0 aliphatic carbocycles. The highest BCUT2D eigenvalue weighted by Crippen LogP contribution is 2.32. The molecule has 104 valence electrons. The molecule has 0 saturated carbocycles. The van der Waals surface area contributed by atoms with Crippen molar-refractivity contribution in [2.24, 2.45) is 0 Å². The van der Waals surface area contributed by atoms with Gasteiger partial charge in [0.25, 0.3) is 0 Å². The van der Waals surface area contributed by atoms with Crippen LogP contribution in [0.5, 0.6) is 5.75 Å². The van der Waals surface area contributed by atoms with Gasteiger partial charge in [-0.15, -0.1) is 11.8 Å². The number of hydrogen-bond donors (Lipinski definition) is 1. The van der Waals surface area contributed by atoms with Gasteiger partial charge in [-0.1, -0.05) is 36.4 Å². The molecule has 2 nitrogen and oxygen atoms in total. The average molecular weight is 285 g/mol. The van der Waals surface area contributed by atoms with Crippen LogP contribution in [0.3, 0.4) is 0 Å². The van der Waals surface area contributed by atoms with Gasteiger partial charge in [-0.05, 0) is 18.2 Å². The van der Waals surface area contributed by atoms with E-state index in [0.29, 0.717) is 5.92 Å². The molecular weight excluding hydrogens is 266 g/mol. The molecule has 1 aliphatic rings. The topological polar surface area (TPSA) is 21.3 Å². The van der Waals surface area contributed by atoms with Gasteiger partial charge in [0.15, 0.2) is 0 Å². The second-order valence-corrected chi connectivity index (χ2v) is 6.08. The van der Waals surface area contributed by atoms with Crippen LogP contribution in [0.15, 0.2) is 59.5 Å². The van der Waals surface area contributed by atoms with E-state index in [1.807, 2.05) is 17.8 Å². The Labute approximate surface area is 124 Å². The highest BCUT2D eigenvalue weighted by atomic mass is 32.2. The Bertz CT molecular complexity index is 544. The lowest BCUT2D eigenvalue weighted by Gasteiger charge is -2.10. The number of fused-ring (bicyclic) bond motifs is 1. The fourth-order valence-corrected chi connectivity index (χ4v) is 3.26. The first-order chi connectivity index (χ1) is 9.93. The standard InChI is InChI=1S/C17H19NOS/c1-2-6-15(7-3-1)20-11-10-18-12-14-13-19-17-9-5-4-8-16(14)17/h1-9,14,18H,10-13H2. The van der Waals surface area contributed by atoms with Gasteiger partial charge in [0.1, 0.15) is 5.75 Å². The van der Waals surface area contributed by atoms with Crippen molar-refractivity contribution in [1.82, 2.24) is 5.32 Å². The lowest BCUT2D eigenvalue weighted by Crippen LogP contribution is -2.24. The smallest absolute Gasteiger partial charge is 0.122 e. The van der Waals surface area contributed by atoms with Crippen LogP contribution in [0.25, 0.3) is 0 Å². The molecule has 1 heterocycles. The highest BCUT2D eigenvalue weighted by molar-refractivity contribution is 7.99. The predicted octanol–water partition coefficient (Wildman–Crippen LogP) is 3.54. The van der Waals surface area contributed by atoms with E-state index >= 15 is 0 Å². The summed E-state index contributed by atoms with van der Waals surface area (Å²) in [5.41, 5.74) is 1.34. The molecular formula is C17H19NOS. The summed E-state index contributed by atoms with van der Waals surface area (Å²) in [7, 11) is 0. The van der Waals surface area contributed by atoms with Crippen molar-refractivity contribution in [1.29, 1.82) is 0 Å². The zero-order valence-corrected chi connectivity index (χ0v) is 12.2. The third-order valence-electron chi connectivity index (χ3n) is 3.48. The van der Waals surface area contributed by atoms with Crippen molar-refractivity contribution in [3.8, 4) is 5.75 Å². The van der Waals surface area contributed by atoms with Crippen molar-refractivity contribution in [3.05, 3.63) is 60.2 Å². The third-order valence-corrected chi connectivity index (χ3v) is 4.49. The molecule has 3 heteroatoms. The van der Waals surface area contributed by atoms with Crippen molar-refractivity contribution >= 4 is 11.8 Å². The zero-order chi connectivity index (χ0) is 13.6. The van der Waals surface area contributed by atoms with Gasteiger partial charge in [-0.3, -0.25) is 0 Å². The lowest BCUT2D eigenvalue weighted by atomic mass is 10.0. The molecule has 0 bridgehead atoms. The quantitative estimate of drug-likeness (QED) is 0.648. The number of nitrogens with one attached hydrogen (secondary N) is 1. The summed E-state index contributed by atoms with van der Waals surface area (Å²) in [5, 5.41) is 3.54. The number of hydrogen-bond acceptors (Lipinski definition) is 3. The van der Waals surface area contributed by atoms with E-state index in [9.17, 15) is 0 Å². The molecule has 0 aromatic heterocycles. The van der Waals surface area contributed by atoms with Crippen LogP contribution in [-0.4, -0.2) is 25.4 Å². The maximum Gasteiger partial charge on any atom is 0.122 e. The number of benzene rings is 2. The van der Waals surface area contributed by atoms with Crippen molar-refractivity contribution < 1.29 is 4.74 Å². The monoisotopic (exact) mass is 285 g/mol. The molecule has 1 atom stereocenters. The molecule has 2 aromatic carbocycles. The molecule has 0 fully saturated rings. The molecule has 0 amide bonds. The van der Waals surface area contributed by atoms with E-state index in [1.54, 1.807) is 0 Å². The Hall–Kier alpha value is -1.45. The summed E-state index contributed by atoms with van der Waals surface area (Å²) < 4.78 is 5.69. The van der Waals surface area contributed by atoms with Crippen molar-refractivity contribution in [3.63, 3.8) is 0 Å². The summed E-state index contributed by atoms with van der Waals surface area (Å²) in [4.78, 5) is 1.34. The van der Waals surface area contributed by atoms with E-state index in [2.05, 4.69) is 53.8 Å². The Balaban J connectivity index is 1.39. The van der Waals surface area contributed by atoms with Crippen LogP contribution in [0.1, 0.15) is 11.5 Å². The number of ether oxygens (including phenoxy) is 1. The minimum absolute atomic E-state index is 0.493. The van der Waals surface area contributed by atoms with E-state index in [0.717, 1.165) is 31.2 Å². The van der Waals surface area contributed by atoms with Crippen LogP contribution in [0, 0.1) is 0 Å². The summed E-state index contributed by atoms with van der Waals surface area (Å²) >= 11 is 1.89. The Kier molecular flexibility index (Phi) is 4.61. The normalized spacial score (nSPS) is 16.7. The summed E-state index contributed by atoms with van der Waals surface area (Å²) in [6, 6.07) is 18.9. The SMILES string of the molecule is c1ccc(SCCNCC2COc3ccccc32)cc1. The molecule has 0 radical (unpaired) electrons. The van der Waals surface area contributed by atoms with Crippen LogP contribution in [0.2, 0.25) is 0 Å². The minimum Gasteiger partial charge on any atom is -0.493 e. The zero-order valence-electron chi connectivity index (χ0n) is 11.4. The molecule has 0 saturated heterocycles. The fraction of sp³-hybridized carbons (Fsp3) is 0.294. The third kappa shape index (κ3) is 3.35. The number of para-hydroxylation sites is 1. The number of thioether (sulfide) groups is 1. The second-order valence-electron chi connectivity index (χ2n) is 4.91. The molecule has 1 unspecified atom stereocenters. The number of rotatable bonds is 6. The first-order valence-corrected chi connectivity index (χ1v) is 8.02. The maximum atomic E-state index is 5.69. The molecule has 20 heavy (non-hydrogen) atoms. The fourth-order valence-electron chi connectivity index (χ4n) is 2.43. The second kappa shape index (κ2) is 6.82. The van der Waals surface area contributed by atoms with Crippen LogP contribution in [0.4, 0.5) is 0 Å². The van der Waals surface area contributed by atoms with E-state index in [-0.39, 0.29) is 0 Å². The van der Waals surface area contributed by atoms with Gasteiger partial charge >= 0.3 is 0 Å². The molecule has 2 aromatic rings. The van der Waals surface area contributed by atoms with Gasteiger partial charge in [-0.2, -0.15) is 0 Å². The van der Waals surface area contributed by atoms with E-state index < -0.39 is 0 Å². The summed E-state index contributed by atoms with van der Waals surface area (Å²) in [5.74, 6) is 2.64. The van der Waals surface area contributed by atoms with Gasteiger partial charge in [0.2, 0.25) is 0 Å². The molecule has 1 aliphatic heterocycles.